The van der Waals surface area contributed by atoms with Crippen LogP contribution in [-0.2, 0) is 6.54 Å². The Morgan fingerprint density at radius 2 is 2.03 bits per heavy atom. The highest BCUT2D eigenvalue weighted by Crippen LogP contribution is 2.32. The van der Waals surface area contributed by atoms with Gasteiger partial charge in [0, 0.05) is 30.6 Å². The molecule has 5 rings (SSSR count). The molecule has 162 valence electrons. The van der Waals surface area contributed by atoms with Gasteiger partial charge < -0.3 is 15.4 Å². The number of nitrogens with zero attached hydrogens (tertiary/aromatic N) is 6. The maximum atomic E-state index is 14.0. The number of benzene rings is 1. The van der Waals surface area contributed by atoms with Gasteiger partial charge in [-0.1, -0.05) is 0 Å². The van der Waals surface area contributed by atoms with E-state index in [2.05, 4.69) is 19.9 Å². The second kappa shape index (κ2) is 7.26. The molecular formula is C22H20FN7O2. The first kappa shape index (κ1) is 19.9. The van der Waals surface area contributed by atoms with Crippen LogP contribution in [0.4, 0.5) is 10.2 Å². The third-order valence-corrected chi connectivity index (χ3v) is 5.39. The molecule has 1 aliphatic rings. The summed E-state index contributed by atoms with van der Waals surface area (Å²) in [7, 11) is 1.67. The zero-order chi connectivity index (χ0) is 22.6. The van der Waals surface area contributed by atoms with Crippen molar-refractivity contribution >= 4 is 17.5 Å². The number of fused-ring (bicyclic) bond motifs is 7. The van der Waals surface area contributed by atoms with Crippen LogP contribution in [0.15, 0.2) is 36.8 Å². The van der Waals surface area contributed by atoms with Gasteiger partial charge in [-0.3, -0.25) is 9.20 Å². The van der Waals surface area contributed by atoms with Crippen molar-refractivity contribution in [3.63, 3.8) is 0 Å². The number of halogens is 1. The summed E-state index contributed by atoms with van der Waals surface area (Å²) in [6.45, 7) is 3.81. The molecule has 4 aromatic rings. The van der Waals surface area contributed by atoms with Crippen molar-refractivity contribution in [2.75, 3.05) is 12.8 Å². The van der Waals surface area contributed by atoms with Crippen molar-refractivity contribution in [2.45, 2.75) is 26.5 Å². The van der Waals surface area contributed by atoms with E-state index in [0.29, 0.717) is 34.0 Å². The minimum Gasteiger partial charge on any atom is -0.467 e. The van der Waals surface area contributed by atoms with Crippen LogP contribution in [-0.4, -0.2) is 42.2 Å². The van der Waals surface area contributed by atoms with Crippen LogP contribution in [0.3, 0.4) is 0 Å². The van der Waals surface area contributed by atoms with Crippen LogP contribution in [0.2, 0.25) is 0 Å². The van der Waals surface area contributed by atoms with Crippen LogP contribution in [0.1, 0.15) is 40.2 Å². The molecule has 32 heavy (non-hydrogen) atoms. The fraction of sp³-hybridized carbons (Fsp3) is 0.227. The van der Waals surface area contributed by atoms with Gasteiger partial charge in [-0.25, -0.2) is 24.3 Å². The number of carbonyl (C=O) groups is 1. The first-order valence-corrected chi connectivity index (χ1v) is 10.00. The van der Waals surface area contributed by atoms with Crippen molar-refractivity contribution in [1.29, 1.82) is 0 Å². The summed E-state index contributed by atoms with van der Waals surface area (Å²) in [5.41, 5.74) is 9.36. The van der Waals surface area contributed by atoms with E-state index in [1.807, 2.05) is 17.5 Å². The van der Waals surface area contributed by atoms with Gasteiger partial charge in [0.05, 0.1) is 24.1 Å². The molecule has 10 heteroatoms. The predicted octanol–water partition coefficient (Wildman–Crippen LogP) is 2.94. The van der Waals surface area contributed by atoms with Crippen molar-refractivity contribution < 1.29 is 13.9 Å². The Labute approximate surface area is 182 Å². The molecule has 1 aliphatic heterocycles. The molecule has 9 nitrogen and oxygen atoms in total. The SMILES string of the molecule is Cc1cnc2nc3c(n2c1)-c1cnc(N)c(n1)OC(C)c1cc(F)ccc1C(=O)N(C)C3. The predicted molar refractivity (Wildman–Crippen MR) is 114 cm³/mol. The van der Waals surface area contributed by atoms with Gasteiger partial charge in [0.15, 0.2) is 5.82 Å². The lowest BCUT2D eigenvalue weighted by Crippen LogP contribution is -2.28. The lowest BCUT2D eigenvalue weighted by Gasteiger charge is -2.23. The van der Waals surface area contributed by atoms with Crippen LogP contribution >= 0.6 is 0 Å². The average molecular weight is 433 g/mol. The van der Waals surface area contributed by atoms with Crippen LogP contribution < -0.4 is 10.5 Å². The number of carbonyl (C=O) groups excluding carboxylic acids is 1. The summed E-state index contributed by atoms with van der Waals surface area (Å²) in [4.78, 5) is 32.7. The van der Waals surface area contributed by atoms with Crippen molar-refractivity contribution in [3.05, 3.63) is 65.0 Å². The van der Waals surface area contributed by atoms with Crippen LogP contribution in [0.25, 0.3) is 17.2 Å². The minimum absolute atomic E-state index is 0.0868. The lowest BCUT2D eigenvalue weighted by molar-refractivity contribution is 0.0778. The Hall–Kier alpha value is -4.08. The number of nitrogens with two attached hydrogens (primary N) is 1. The number of ether oxygens (including phenoxy) is 1. The Morgan fingerprint density at radius 1 is 1.22 bits per heavy atom. The maximum Gasteiger partial charge on any atom is 0.258 e. The zero-order valence-electron chi connectivity index (χ0n) is 17.7. The summed E-state index contributed by atoms with van der Waals surface area (Å²) in [5, 5.41) is 0. The molecule has 1 amide bonds. The van der Waals surface area contributed by atoms with E-state index in [9.17, 15) is 9.18 Å². The van der Waals surface area contributed by atoms with Crippen LogP contribution in [0.5, 0.6) is 5.88 Å². The number of aromatic nitrogens is 5. The highest BCUT2D eigenvalue weighted by atomic mass is 19.1. The average Bonchev–Trinajstić information content (AvgIpc) is 3.11. The second-order valence-electron chi connectivity index (χ2n) is 7.81. The molecule has 1 unspecified atom stereocenters. The Balaban J connectivity index is 1.78. The highest BCUT2D eigenvalue weighted by molar-refractivity contribution is 5.95. The number of imidazole rings is 1. The van der Waals surface area contributed by atoms with Gasteiger partial charge in [0.2, 0.25) is 5.78 Å². The molecule has 1 aromatic carbocycles. The molecule has 2 bridgehead atoms. The summed E-state index contributed by atoms with van der Waals surface area (Å²) in [6.07, 6.45) is 4.44. The number of aryl methyl sites for hydroxylation is 1. The zero-order valence-corrected chi connectivity index (χ0v) is 17.7. The van der Waals surface area contributed by atoms with Gasteiger partial charge in [0.25, 0.3) is 11.8 Å². The smallest absolute Gasteiger partial charge is 0.258 e. The Bertz CT molecular complexity index is 1380. The summed E-state index contributed by atoms with van der Waals surface area (Å²) in [6, 6.07) is 3.99. The van der Waals surface area contributed by atoms with E-state index in [-0.39, 0.29) is 24.1 Å². The third-order valence-electron chi connectivity index (χ3n) is 5.39. The van der Waals surface area contributed by atoms with E-state index in [1.54, 1.807) is 20.2 Å². The largest absolute Gasteiger partial charge is 0.467 e. The second-order valence-corrected chi connectivity index (χ2v) is 7.81. The highest BCUT2D eigenvalue weighted by Gasteiger charge is 2.26. The third kappa shape index (κ3) is 3.20. The molecule has 0 spiro atoms. The minimum atomic E-state index is -0.699. The normalized spacial score (nSPS) is 16.1. The molecule has 0 saturated heterocycles. The van der Waals surface area contributed by atoms with E-state index < -0.39 is 11.9 Å². The number of anilines is 1. The van der Waals surface area contributed by atoms with Crippen molar-refractivity contribution in [3.8, 4) is 17.3 Å². The van der Waals surface area contributed by atoms with E-state index in [4.69, 9.17) is 10.5 Å². The monoisotopic (exact) mass is 433 g/mol. The molecule has 2 N–H and O–H groups in total. The summed E-state index contributed by atoms with van der Waals surface area (Å²) >= 11 is 0. The molecular weight excluding hydrogens is 413 g/mol. The van der Waals surface area contributed by atoms with Crippen molar-refractivity contribution in [2.24, 2.45) is 0 Å². The molecule has 0 fully saturated rings. The number of rotatable bonds is 0. The fourth-order valence-corrected chi connectivity index (χ4v) is 3.84. The van der Waals surface area contributed by atoms with Gasteiger partial charge in [-0.15, -0.1) is 0 Å². The topological polar surface area (TPSA) is 112 Å². The maximum absolute atomic E-state index is 14.0. The molecule has 0 aliphatic carbocycles. The van der Waals surface area contributed by atoms with Gasteiger partial charge in [-0.05, 0) is 37.6 Å². The number of nitrogen functional groups attached to an aromatic ring is 1. The number of amides is 1. The van der Waals surface area contributed by atoms with E-state index in [1.165, 1.54) is 29.3 Å². The van der Waals surface area contributed by atoms with Gasteiger partial charge in [0.1, 0.15) is 17.6 Å². The molecule has 3 aromatic heterocycles. The quantitative estimate of drug-likeness (QED) is 0.454. The first-order chi connectivity index (χ1) is 15.3. The van der Waals surface area contributed by atoms with Crippen molar-refractivity contribution in [1.82, 2.24) is 29.2 Å². The Morgan fingerprint density at radius 3 is 2.84 bits per heavy atom. The molecule has 0 radical (unpaired) electrons. The molecule has 1 atom stereocenters. The molecule has 0 saturated carbocycles. The van der Waals surface area contributed by atoms with E-state index in [0.717, 1.165) is 5.56 Å². The van der Waals surface area contributed by atoms with Crippen LogP contribution in [0, 0.1) is 12.7 Å². The van der Waals surface area contributed by atoms with Gasteiger partial charge in [-0.2, -0.15) is 0 Å². The summed E-state index contributed by atoms with van der Waals surface area (Å²) < 4.78 is 21.8. The molecule has 4 heterocycles. The number of hydrogen-bond acceptors (Lipinski definition) is 7. The lowest BCUT2D eigenvalue weighted by atomic mass is 10.0. The first-order valence-electron chi connectivity index (χ1n) is 10.00. The van der Waals surface area contributed by atoms with Gasteiger partial charge >= 0.3 is 0 Å². The Kier molecular flexibility index (Phi) is 4.50. The fourth-order valence-electron chi connectivity index (χ4n) is 3.84. The van der Waals surface area contributed by atoms with E-state index >= 15 is 0 Å². The number of hydrogen-bond donors (Lipinski definition) is 1. The summed E-state index contributed by atoms with van der Waals surface area (Å²) in [5.74, 6) is -0.116. The standard InChI is InChI=1S/C22H20FN7O2/c1-11-7-26-22-28-17-10-29(3)21(31)14-5-4-13(23)6-15(14)12(2)32-20-19(24)25-8-16(27-20)18(17)30(22)9-11/h4-9,12H,10H2,1-3H3,(H2,24,25).